The minimum atomic E-state index is -2.77. The molecule has 3 aliphatic carbocycles. The number of amides is 1. The lowest BCUT2D eigenvalue weighted by Gasteiger charge is -2.53. The molecule has 3 saturated carbocycles. The van der Waals surface area contributed by atoms with Crippen LogP contribution in [0.3, 0.4) is 0 Å². The summed E-state index contributed by atoms with van der Waals surface area (Å²) in [5.74, 6) is 1.06. The van der Waals surface area contributed by atoms with Crippen LogP contribution in [0, 0.1) is 5.41 Å². The third-order valence-corrected chi connectivity index (χ3v) is 8.82. The molecule has 1 aromatic carbocycles. The van der Waals surface area contributed by atoms with Gasteiger partial charge in [0.1, 0.15) is 17.2 Å². The molecular weight excluding hydrogens is 544 g/mol. The average Bonchev–Trinajstić information content (AvgIpc) is 3.37. The van der Waals surface area contributed by atoms with E-state index in [0.29, 0.717) is 61.5 Å². The molecule has 12 heteroatoms. The van der Waals surface area contributed by atoms with Gasteiger partial charge in [-0.05, 0) is 76.8 Å². The Morgan fingerprint density at radius 2 is 1.74 bits per heavy atom. The largest absolute Gasteiger partial charge is 0.444 e. The van der Waals surface area contributed by atoms with Gasteiger partial charge in [0.2, 0.25) is 5.95 Å². The van der Waals surface area contributed by atoms with E-state index >= 15 is 0 Å². The van der Waals surface area contributed by atoms with Gasteiger partial charge < -0.3 is 25.0 Å². The number of carbonyl (C=O) groups excluding carboxylic acids is 1. The van der Waals surface area contributed by atoms with E-state index in [1.165, 1.54) is 4.57 Å². The molecule has 4 fully saturated rings. The highest BCUT2D eigenvalue weighted by Gasteiger charge is 2.49. The first kappa shape index (κ1) is 28.6. The quantitative estimate of drug-likeness (QED) is 0.369. The molecule has 4 aliphatic rings. The number of hydrogen-bond acceptors (Lipinski definition) is 8. The first-order chi connectivity index (χ1) is 20.0. The number of hydrogen-bond donors (Lipinski definition) is 2. The number of halogens is 2. The molecule has 0 atom stereocenters. The van der Waals surface area contributed by atoms with Gasteiger partial charge in [-0.25, -0.2) is 18.6 Å². The molecule has 1 amide bonds. The maximum atomic E-state index is 14.2. The van der Waals surface area contributed by atoms with Crippen molar-refractivity contribution >= 4 is 28.9 Å². The standard InChI is InChI=1S/C30H39F2N7O3/c1-28(2,3)42-27(40)37-30-11-8-29(9-12-30,10-13-30)19-33-22-18-23(36-26(35-22)38-14-16-41-17-15-38)39-21-7-5-4-6-20(21)34-25(39)24(31)32/h4-7,18,24H,8-17,19H2,1-3H3,(H,37,40)(H,33,35,36). The van der Waals surface area contributed by atoms with Crippen molar-refractivity contribution in [2.75, 3.05) is 43.1 Å². The Labute approximate surface area is 244 Å². The summed E-state index contributed by atoms with van der Waals surface area (Å²) in [5.41, 5.74) is 0.368. The smallest absolute Gasteiger partial charge is 0.408 e. The number of benzene rings is 1. The molecule has 2 aromatic heterocycles. The van der Waals surface area contributed by atoms with Crippen molar-refractivity contribution < 1.29 is 23.0 Å². The summed E-state index contributed by atoms with van der Waals surface area (Å²) >= 11 is 0. The highest BCUT2D eigenvalue weighted by Crippen LogP contribution is 2.52. The third-order valence-electron chi connectivity index (χ3n) is 8.82. The second-order valence-corrected chi connectivity index (χ2v) is 12.9. The Balaban J connectivity index is 1.24. The minimum Gasteiger partial charge on any atom is -0.444 e. The SMILES string of the molecule is CC(C)(C)OC(=O)NC12CCC(CNc3cc(-n4c(C(F)F)nc5ccccc54)nc(N4CCOCC4)n3)(CC1)CC2. The van der Waals surface area contributed by atoms with Crippen molar-refractivity contribution in [3.05, 3.63) is 36.2 Å². The zero-order valence-corrected chi connectivity index (χ0v) is 24.5. The van der Waals surface area contributed by atoms with Gasteiger partial charge in [0.25, 0.3) is 6.43 Å². The van der Waals surface area contributed by atoms with Gasteiger partial charge in [0.15, 0.2) is 5.82 Å². The van der Waals surface area contributed by atoms with Crippen LogP contribution in [-0.4, -0.2) is 69.6 Å². The Bertz CT molecular complexity index is 1420. The molecule has 2 bridgehead atoms. The van der Waals surface area contributed by atoms with Crippen molar-refractivity contribution in [2.24, 2.45) is 5.41 Å². The second-order valence-electron chi connectivity index (χ2n) is 12.9. The summed E-state index contributed by atoms with van der Waals surface area (Å²) in [4.78, 5) is 28.3. The van der Waals surface area contributed by atoms with E-state index < -0.39 is 12.0 Å². The van der Waals surface area contributed by atoms with E-state index in [2.05, 4.69) is 15.6 Å². The molecular formula is C30H39F2N7O3. The fraction of sp³-hybridized carbons (Fsp3) is 0.600. The predicted molar refractivity (Wildman–Crippen MR) is 155 cm³/mol. The number of nitrogens with one attached hydrogen (secondary N) is 2. The molecule has 3 aromatic rings. The van der Waals surface area contributed by atoms with E-state index in [1.807, 2.05) is 31.7 Å². The molecule has 1 aliphatic heterocycles. The number of alkyl carbamates (subject to hydrolysis) is 1. The minimum absolute atomic E-state index is 0.0669. The van der Waals surface area contributed by atoms with Gasteiger partial charge in [-0.3, -0.25) is 4.57 Å². The first-order valence-electron chi connectivity index (χ1n) is 14.8. The van der Waals surface area contributed by atoms with Gasteiger partial charge in [-0.15, -0.1) is 0 Å². The van der Waals surface area contributed by atoms with E-state index in [0.717, 1.165) is 38.5 Å². The summed E-state index contributed by atoms with van der Waals surface area (Å²) in [6.07, 6.45) is 2.44. The molecule has 42 heavy (non-hydrogen) atoms. The van der Waals surface area contributed by atoms with E-state index in [1.54, 1.807) is 24.3 Å². The van der Waals surface area contributed by atoms with Crippen molar-refractivity contribution in [2.45, 2.75) is 76.9 Å². The van der Waals surface area contributed by atoms with Crippen LogP contribution >= 0.6 is 0 Å². The monoisotopic (exact) mass is 583 g/mol. The van der Waals surface area contributed by atoms with Crippen LogP contribution < -0.4 is 15.5 Å². The molecule has 0 radical (unpaired) electrons. The van der Waals surface area contributed by atoms with Crippen molar-refractivity contribution in [1.82, 2.24) is 24.8 Å². The molecule has 0 spiro atoms. The fourth-order valence-corrected chi connectivity index (χ4v) is 6.48. The summed E-state index contributed by atoms with van der Waals surface area (Å²) < 4.78 is 40.9. The van der Waals surface area contributed by atoms with Crippen LogP contribution in [-0.2, 0) is 9.47 Å². The van der Waals surface area contributed by atoms with Crippen LogP contribution in [0.25, 0.3) is 16.9 Å². The zero-order valence-electron chi connectivity index (χ0n) is 24.5. The summed E-state index contributed by atoms with van der Waals surface area (Å²) in [6.45, 7) is 8.64. The average molecular weight is 584 g/mol. The van der Waals surface area contributed by atoms with E-state index in [9.17, 15) is 13.6 Å². The number of aromatic nitrogens is 4. The number of morpholine rings is 1. The second kappa shape index (κ2) is 10.9. The van der Waals surface area contributed by atoms with E-state index in [4.69, 9.17) is 19.4 Å². The molecule has 226 valence electrons. The van der Waals surface area contributed by atoms with Gasteiger partial charge in [-0.1, -0.05) is 12.1 Å². The summed E-state index contributed by atoms with van der Waals surface area (Å²) in [6, 6.07) is 8.83. The molecule has 1 saturated heterocycles. The molecule has 2 N–H and O–H groups in total. The number of rotatable bonds is 7. The predicted octanol–water partition coefficient (Wildman–Crippen LogP) is 5.62. The number of nitrogens with zero attached hydrogens (tertiary/aromatic N) is 5. The van der Waals surface area contributed by atoms with Gasteiger partial charge in [0, 0.05) is 31.2 Å². The maximum absolute atomic E-state index is 14.2. The number of alkyl halides is 2. The van der Waals surface area contributed by atoms with Crippen LogP contribution in [0.5, 0.6) is 0 Å². The summed E-state index contributed by atoms with van der Waals surface area (Å²) in [5, 5.41) is 6.73. The lowest BCUT2D eigenvalue weighted by atomic mass is 9.57. The zero-order chi connectivity index (χ0) is 29.5. The van der Waals surface area contributed by atoms with Crippen LogP contribution in [0.4, 0.5) is 25.3 Å². The number of imidazole rings is 1. The van der Waals surface area contributed by atoms with E-state index in [-0.39, 0.29) is 22.9 Å². The van der Waals surface area contributed by atoms with Crippen LogP contribution in [0.15, 0.2) is 30.3 Å². The first-order valence-corrected chi connectivity index (χ1v) is 14.8. The normalized spacial score (nSPS) is 24.3. The molecule has 10 nitrogen and oxygen atoms in total. The lowest BCUT2D eigenvalue weighted by Crippen LogP contribution is -2.58. The Morgan fingerprint density at radius 3 is 2.40 bits per heavy atom. The van der Waals surface area contributed by atoms with Crippen molar-refractivity contribution in [1.29, 1.82) is 0 Å². The number of carbonyl (C=O) groups is 1. The fourth-order valence-electron chi connectivity index (χ4n) is 6.48. The molecule has 7 rings (SSSR count). The van der Waals surface area contributed by atoms with Crippen molar-refractivity contribution in [3.8, 4) is 5.82 Å². The van der Waals surface area contributed by atoms with Gasteiger partial charge >= 0.3 is 6.09 Å². The van der Waals surface area contributed by atoms with Gasteiger partial charge in [-0.2, -0.15) is 9.97 Å². The lowest BCUT2D eigenvalue weighted by molar-refractivity contribution is 0.00951. The Kier molecular flexibility index (Phi) is 7.44. The third kappa shape index (κ3) is 5.86. The number of ether oxygens (including phenoxy) is 2. The van der Waals surface area contributed by atoms with Gasteiger partial charge in [0.05, 0.1) is 24.2 Å². The number of para-hydroxylation sites is 2. The number of anilines is 2. The Hall–Kier alpha value is -3.54. The number of fused-ring (bicyclic) bond motifs is 4. The summed E-state index contributed by atoms with van der Waals surface area (Å²) in [7, 11) is 0. The topological polar surface area (TPSA) is 106 Å². The highest BCUT2D eigenvalue weighted by molar-refractivity contribution is 5.78. The molecule has 0 unspecified atom stereocenters. The molecule has 3 heterocycles. The van der Waals surface area contributed by atoms with Crippen molar-refractivity contribution in [3.63, 3.8) is 0 Å². The maximum Gasteiger partial charge on any atom is 0.408 e. The highest BCUT2D eigenvalue weighted by atomic mass is 19.3. The van der Waals surface area contributed by atoms with Crippen LogP contribution in [0.2, 0.25) is 0 Å². The van der Waals surface area contributed by atoms with Crippen LogP contribution in [0.1, 0.15) is 71.5 Å². The Morgan fingerprint density at radius 1 is 1.05 bits per heavy atom.